The van der Waals surface area contributed by atoms with E-state index < -0.39 is 0 Å². The highest BCUT2D eigenvalue weighted by molar-refractivity contribution is 5.85. The van der Waals surface area contributed by atoms with E-state index in [1.165, 1.54) is 45.2 Å². The second kappa shape index (κ2) is 11.3. The van der Waals surface area contributed by atoms with Gasteiger partial charge in [-0.2, -0.15) is 0 Å². The molecule has 0 aromatic rings. The Labute approximate surface area is 115 Å². The van der Waals surface area contributed by atoms with E-state index in [9.17, 15) is 0 Å². The van der Waals surface area contributed by atoms with E-state index in [1.807, 2.05) is 0 Å². The summed E-state index contributed by atoms with van der Waals surface area (Å²) in [5, 5.41) is 3.53. The number of unbranched alkanes of at least 4 members (excludes halogenated alkanes) is 4. The Hall–Kier alpha value is 0.210. The Morgan fingerprint density at radius 2 is 1.41 bits per heavy atom. The van der Waals surface area contributed by atoms with E-state index in [-0.39, 0.29) is 12.4 Å². The van der Waals surface area contributed by atoms with Crippen molar-refractivity contribution < 1.29 is 0 Å². The molecule has 0 aliphatic heterocycles. The van der Waals surface area contributed by atoms with Crippen molar-refractivity contribution in [2.45, 2.75) is 52.9 Å². The molecule has 0 aromatic heterocycles. The van der Waals surface area contributed by atoms with Gasteiger partial charge in [-0.15, -0.1) is 12.4 Å². The number of hydrogen-bond donors (Lipinski definition) is 1. The lowest BCUT2D eigenvalue weighted by Gasteiger charge is -2.18. The van der Waals surface area contributed by atoms with Crippen molar-refractivity contribution in [3.8, 4) is 0 Å². The first-order chi connectivity index (χ1) is 7.42. The largest absolute Gasteiger partial charge is 0.316 e. The molecule has 0 saturated heterocycles. The minimum atomic E-state index is 0. The predicted octanol–water partition coefficient (Wildman–Crippen LogP) is 3.56. The Morgan fingerprint density at radius 1 is 0.882 bits per heavy atom. The van der Waals surface area contributed by atoms with Gasteiger partial charge in [0.15, 0.2) is 0 Å². The Bertz CT molecular complexity index is 153. The maximum Gasteiger partial charge on any atom is -0.0000126 e. The van der Waals surface area contributed by atoms with Crippen LogP contribution in [0.25, 0.3) is 0 Å². The summed E-state index contributed by atoms with van der Waals surface area (Å²) < 4.78 is 0. The monoisotopic (exact) mass is 264 g/mol. The molecule has 0 aliphatic carbocycles. The average Bonchev–Trinajstić information content (AvgIpc) is 2.13. The van der Waals surface area contributed by atoms with Crippen LogP contribution in [0.1, 0.15) is 52.9 Å². The molecule has 0 atom stereocenters. The zero-order chi connectivity index (χ0) is 12.4. The van der Waals surface area contributed by atoms with Crippen LogP contribution in [0.4, 0.5) is 0 Å². The molecule has 106 valence electrons. The van der Waals surface area contributed by atoms with Crippen LogP contribution in [0.15, 0.2) is 0 Å². The molecular weight excluding hydrogens is 232 g/mol. The summed E-state index contributed by atoms with van der Waals surface area (Å²) in [4.78, 5) is 2.27. The SMILES string of the molecule is CN(C)CCCCCCCNCC(C)(C)C.Cl. The van der Waals surface area contributed by atoms with Crippen molar-refractivity contribution >= 4 is 12.4 Å². The molecule has 0 heterocycles. The first-order valence-electron chi connectivity index (χ1n) is 6.77. The molecule has 0 aromatic carbocycles. The van der Waals surface area contributed by atoms with Crippen molar-refractivity contribution in [2.75, 3.05) is 33.7 Å². The first-order valence-corrected chi connectivity index (χ1v) is 6.77. The minimum absolute atomic E-state index is 0. The normalized spacial score (nSPS) is 11.6. The van der Waals surface area contributed by atoms with Gasteiger partial charge in [-0.3, -0.25) is 0 Å². The third-order valence-electron chi connectivity index (χ3n) is 2.61. The summed E-state index contributed by atoms with van der Waals surface area (Å²) in [5.41, 5.74) is 0.422. The molecule has 0 saturated carbocycles. The van der Waals surface area contributed by atoms with Crippen LogP contribution in [0.3, 0.4) is 0 Å². The van der Waals surface area contributed by atoms with Crippen LogP contribution < -0.4 is 5.32 Å². The molecule has 0 rings (SSSR count). The summed E-state index contributed by atoms with van der Waals surface area (Å²) >= 11 is 0. The van der Waals surface area contributed by atoms with Crippen molar-refractivity contribution in [1.29, 1.82) is 0 Å². The molecule has 0 bridgehead atoms. The molecule has 1 N–H and O–H groups in total. The molecule has 0 fully saturated rings. The summed E-state index contributed by atoms with van der Waals surface area (Å²) in [6.07, 6.45) is 6.84. The maximum atomic E-state index is 3.53. The fourth-order valence-corrected chi connectivity index (χ4v) is 1.67. The third kappa shape index (κ3) is 18.8. The van der Waals surface area contributed by atoms with Gasteiger partial charge >= 0.3 is 0 Å². The van der Waals surface area contributed by atoms with Gasteiger partial charge in [-0.1, -0.05) is 40.0 Å². The second-order valence-corrected chi connectivity index (χ2v) is 6.31. The lowest BCUT2D eigenvalue weighted by molar-refractivity contribution is 0.374. The molecule has 0 amide bonds. The molecule has 3 heteroatoms. The number of nitrogens with zero attached hydrogens (tertiary/aromatic N) is 1. The fraction of sp³-hybridized carbons (Fsp3) is 1.00. The Balaban J connectivity index is 0. The quantitative estimate of drug-likeness (QED) is 0.641. The van der Waals surface area contributed by atoms with Crippen molar-refractivity contribution in [2.24, 2.45) is 5.41 Å². The minimum Gasteiger partial charge on any atom is -0.316 e. The molecule has 0 unspecified atom stereocenters. The van der Waals surface area contributed by atoms with Gasteiger partial charge in [-0.05, 0) is 52.0 Å². The van der Waals surface area contributed by atoms with Crippen molar-refractivity contribution in [1.82, 2.24) is 10.2 Å². The number of hydrogen-bond acceptors (Lipinski definition) is 2. The maximum absolute atomic E-state index is 3.53. The van der Waals surface area contributed by atoms with Gasteiger partial charge in [0.05, 0.1) is 0 Å². The summed E-state index contributed by atoms with van der Waals surface area (Å²) in [6.45, 7) is 10.4. The lowest BCUT2D eigenvalue weighted by atomic mass is 9.97. The average molecular weight is 265 g/mol. The smallest absolute Gasteiger partial charge is 0.0000126 e. The van der Waals surface area contributed by atoms with Gasteiger partial charge in [0.25, 0.3) is 0 Å². The van der Waals surface area contributed by atoms with Crippen molar-refractivity contribution in [3.05, 3.63) is 0 Å². The van der Waals surface area contributed by atoms with E-state index in [4.69, 9.17) is 0 Å². The molecule has 0 aliphatic rings. The van der Waals surface area contributed by atoms with E-state index in [0.717, 1.165) is 6.54 Å². The summed E-state index contributed by atoms with van der Waals surface area (Å²) in [6, 6.07) is 0. The van der Waals surface area contributed by atoms with Gasteiger partial charge in [-0.25, -0.2) is 0 Å². The topological polar surface area (TPSA) is 15.3 Å². The van der Waals surface area contributed by atoms with Gasteiger partial charge in [0, 0.05) is 0 Å². The van der Waals surface area contributed by atoms with E-state index in [0.29, 0.717) is 5.41 Å². The van der Waals surface area contributed by atoms with E-state index >= 15 is 0 Å². The zero-order valence-corrected chi connectivity index (χ0v) is 13.3. The Morgan fingerprint density at radius 3 is 1.94 bits per heavy atom. The van der Waals surface area contributed by atoms with Crippen LogP contribution >= 0.6 is 12.4 Å². The van der Waals surface area contributed by atoms with Gasteiger partial charge in [0.2, 0.25) is 0 Å². The summed E-state index contributed by atoms with van der Waals surface area (Å²) in [7, 11) is 4.30. The van der Waals surface area contributed by atoms with Gasteiger partial charge in [0.1, 0.15) is 0 Å². The fourth-order valence-electron chi connectivity index (χ4n) is 1.67. The number of rotatable bonds is 9. The first kappa shape index (κ1) is 19.5. The van der Waals surface area contributed by atoms with Gasteiger partial charge < -0.3 is 10.2 Å². The van der Waals surface area contributed by atoms with Crippen LogP contribution in [-0.4, -0.2) is 38.6 Å². The molecular formula is C14H33ClN2. The summed E-state index contributed by atoms with van der Waals surface area (Å²) in [5.74, 6) is 0. The van der Waals surface area contributed by atoms with Crippen LogP contribution in [0.2, 0.25) is 0 Å². The van der Waals surface area contributed by atoms with Crippen molar-refractivity contribution in [3.63, 3.8) is 0 Å². The third-order valence-corrected chi connectivity index (χ3v) is 2.61. The molecule has 17 heavy (non-hydrogen) atoms. The molecule has 2 nitrogen and oxygen atoms in total. The highest BCUT2D eigenvalue weighted by Crippen LogP contribution is 2.10. The highest BCUT2D eigenvalue weighted by Gasteiger charge is 2.07. The molecule has 0 radical (unpaired) electrons. The van der Waals surface area contributed by atoms with E-state index in [1.54, 1.807) is 0 Å². The number of nitrogens with one attached hydrogen (secondary N) is 1. The van der Waals surface area contributed by atoms with E-state index in [2.05, 4.69) is 45.1 Å². The standard InChI is InChI=1S/C14H32N2.ClH/c1-14(2,3)13-15-11-9-7-6-8-10-12-16(4)5;/h15H,6-13H2,1-5H3;1H. The number of halogens is 1. The Kier molecular flexibility index (Phi) is 13.0. The zero-order valence-electron chi connectivity index (χ0n) is 12.5. The van der Waals surface area contributed by atoms with Crippen LogP contribution in [-0.2, 0) is 0 Å². The molecule has 0 spiro atoms. The lowest BCUT2D eigenvalue weighted by Crippen LogP contribution is -2.27. The second-order valence-electron chi connectivity index (χ2n) is 6.31. The van der Waals surface area contributed by atoms with Crippen LogP contribution in [0.5, 0.6) is 0 Å². The predicted molar refractivity (Wildman–Crippen MR) is 81.2 cm³/mol. The highest BCUT2D eigenvalue weighted by atomic mass is 35.5. The van der Waals surface area contributed by atoms with Crippen LogP contribution in [0, 0.1) is 5.41 Å².